The number of halogens is 2. The normalized spacial score (nSPS) is 17.8. The van der Waals surface area contributed by atoms with Crippen molar-refractivity contribution in [1.29, 1.82) is 0 Å². The first-order valence-corrected chi connectivity index (χ1v) is 10.1. The zero-order valence-electron chi connectivity index (χ0n) is 16.8. The molecule has 0 radical (unpaired) electrons. The highest BCUT2D eigenvalue weighted by Gasteiger charge is 2.49. The maximum absolute atomic E-state index is 12.4. The molecule has 1 aliphatic heterocycles. The number of carboxylic acid groups (broad SMARTS) is 1. The Morgan fingerprint density at radius 2 is 1.97 bits per heavy atom. The molecule has 2 amide bonds. The highest BCUT2D eigenvalue weighted by Crippen LogP contribution is 2.21. The second-order valence-electron chi connectivity index (χ2n) is 7.34. The van der Waals surface area contributed by atoms with Crippen LogP contribution in [-0.4, -0.2) is 60.6 Å². The molecule has 0 saturated carbocycles. The van der Waals surface area contributed by atoms with E-state index in [-0.39, 0.29) is 16.5 Å². The molecule has 13 heteroatoms. The molecular weight excluding hydrogens is 452 g/mol. The molecule has 3 atom stereocenters. The van der Waals surface area contributed by atoms with Gasteiger partial charge >= 0.3 is 19.1 Å². The van der Waals surface area contributed by atoms with E-state index in [1.165, 1.54) is 18.2 Å². The number of hydrogen-bond donors (Lipinski definition) is 4. The van der Waals surface area contributed by atoms with E-state index in [2.05, 4.69) is 10.6 Å². The van der Waals surface area contributed by atoms with Gasteiger partial charge in [-0.2, -0.15) is 0 Å². The molecule has 31 heavy (non-hydrogen) atoms. The first-order chi connectivity index (χ1) is 14.5. The van der Waals surface area contributed by atoms with E-state index in [9.17, 15) is 19.2 Å². The zero-order valence-corrected chi connectivity index (χ0v) is 18.3. The molecule has 2 unspecified atom stereocenters. The van der Waals surface area contributed by atoms with Gasteiger partial charge in [0.2, 0.25) is 5.91 Å². The largest absolute Gasteiger partial charge is 0.552 e. The number of aliphatic carboxylic acids is 1. The summed E-state index contributed by atoms with van der Waals surface area (Å²) in [6, 6.07) is 2.75. The number of amides is 2. The molecule has 1 heterocycles. The molecule has 2 rings (SSSR count). The van der Waals surface area contributed by atoms with Crippen LogP contribution < -0.4 is 16.4 Å². The van der Waals surface area contributed by atoms with E-state index in [0.717, 1.165) is 0 Å². The highest BCUT2D eigenvalue weighted by atomic mass is 35.5. The van der Waals surface area contributed by atoms with Crippen molar-refractivity contribution in [3.8, 4) is 0 Å². The van der Waals surface area contributed by atoms with Gasteiger partial charge in [0.15, 0.2) is 6.10 Å². The molecule has 1 saturated heterocycles. The molecule has 1 aliphatic rings. The Morgan fingerprint density at radius 3 is 2.58 bits per heavy atom. The van der Waals surface area contributed by atoms with Crippen LogP contribution in [0.2, 0.25) is 10.0 Å². The van der Waals surface area contributed by atoms with Crippen LogP contribution in [0.25, 0.3) is 0 Å². The van der Waals surface area contributed by atoms with E-state index in [4.69, 9.17) is 43.4 Å². The molecule has 0 aromatic heterocycles. The van der Waals surface area contributed by atoms with Gasteiger partial charge in [-0.15, -0.1) is 0 Å². The quantitative estimate of drug-likeness (QED) is 0.380. The third-order valence-electron chi connectivity index (χ3n) is 4.34. The SMILES string of the molecule is CC(C)C[C@H](NC(=O)CNC(=O)c1cc(Cl)ccc1Cl)B1OC(=O)C(C(N)C(=O)O)O1. The average Bonchev–Trinajstić information content (AvgIpc) is 3.08. The van der Waals surface area contributed by atoms with Gasteiger partial charge in [0.05, 0.1) is 23.1 Å². The Labute approximate surface area is 188 Å². The second kappa shape index (κ2) is 10.8. The fraction of sp³-hybridized carbons (Fsp3) is 0.444. The summed E-state index contributed by atoms with van der Waals surface area (Å²) in [5.41, 5.74) is 5.57. The molecular formula is C18H22BCl2N3O7. The average molecular weight is 474 g/mol. The summed E-state index contributed by atoms with van der Waals surface area (Å²) >= 11 is 11.8. The van der Waals surface area contributed by atoms with E-state index in [1.807, 2.05) is 13.8 Å². The first-order valence-electron chi connectivity index (χ1n) is 9.36. The molecule has 5 N–H and O–H groups in total. The van der Waals surface area contributed by atoms with Crippen molar-refractivity contribution in [3.05, 3.63) is 33.8 Å². The number of carbonyl (C=O) groups is 4. The van der Waals surface area contributed by atoms with Crippen molar-refractivity contribution >= 4 is 54.1 Å². The van der Waals surface area contributed by atoms with E-state index in [0.29, 0.717) is 11.4 Å². The minimum absolute atomic E-state index is 0.0691. The van der Waals surface area contributed by atoms with Crippen molar-refractivity contribution in [1.82, 2.24) is 10.6 Å². The molecule has 10 nitrogen and oxygen atoms in total. The summed E-state index contributed by atoms with van der Waals surface area (Å²) in [4.78, 5) is 47.6. The Morgan fingerprint density at radius 1 is 1.29 bits per heavy atom. The topological polar surface area (TPSA) is 157 Å². The van der Waals surface area contributed by atoms with Crippen LogP contribution in [0.1, 0.15) is 30.6 Å². The predicted molar refractivity (Wildman–Crippen MR) is 113 cm³/mol. The molecule has 168 valence electrons. The molecule has 0 spiro atoms. The summed E-state index contributed by atoms with van der Waals surface area (Å²) in [6.45, 7) is 3.35. The number of nitrogens with two attached hydrogens (primary N) is 1. The number of carboxylic acids is 1. The molecule has 1 fully saturated rings. The van der Waals surface area contributed by atoms with Crippen molar-refractivity contribution in [2.24, 2.45) is 11.7 Å². The van der Waals surface area contributed by atoms with Gasteiger partial charge in [0, 0.05) is 5.02 Å². The summed E-state index contributed by atoms with van der Waals surface area (Å²) in [6.07, 6.45) is -1.13. The van der Waals surface area contributed by atoms with Crippen LogP contribution in [0.4, 0.5) is 0 Å². The number of rotatable bonds is 9. The second-order valence-corrected chi connectivity index (χ2v) is 8.18. The standard InChI is InChI=1S/C18H22BCl2N3O7/c1-8(2)5-12(19-30-15(18(29)31-19)14(22)17(27)28)24-13(25)7-23-16(26)10-6-9(20)3-4-11(10)21/h3-4,6,8,12,14-15H,5,7,22H2,1-2H3,(H,23,26)(H,24,25)(H,27,28)/t12-,14?,15?/m0/s1. The number of benzene rings is 1. The van der Waals surface area contributed by atoms with Crippen LogP contribution >= 0.6 is 23.2 Å². The summed E-state index contributed by atoms with van der Waals surface area (Å²) < 4.78 is 10.5. The van der Waals surface area contributed by atoms with Crippen molar-refractivity contribution in [2.75, 3.05) is 6.54 Å². The van der Waals surface area contributed by atoms with E-state index in [1.54, 1.807) is 0 Å². The lowest BCUT2D eigenvalue weighted by Crippen LogP contribution is -2.51. The number of carbonyl (C=O) groups excluding carboxylic acids is 3. The fourth-order valence-corrected chi connectivity index (χ4v) is 3.25. The third-order valence-corrected chi connectivity index (χ3v) is 4.90. The van der Waals surface area contributed by atoms with Gasteiger partial charge in [0.25, 0.3) is 5.91 Å². The van der Waals surface area contributed by atoms with Crippen LogP contribution in [0, 0.1) is 5.92 Å². The summed E-state index contributed by atoms with van der Waals surface area (Å²) in [5, 5.41) is 14.5. The Balaban J connectivity index is 2.00. The lowest BCUT2D eigenvalue weighted by molar-refractivity contribution is -0.146. The maximum Gasteiger partial charge on any atom is 0.552 e. The Bertz CT molecular complexity index is 871. The van der Waals surface area contributed by atoms with Gasteiger partial charge < -0.3 is 30.8 Å². The predicted octanol–water partition coefficient (Wildman–Crippen LogP) is 0.635. The third kappa shape index (κ3) is 6.83. The van der Waals surface area contributed by atoms with Gasteiger partial charge in [-0.1, -0.05) is 37.0 Å². The number of nitrogens with one attached hydrogen (secondary N) is 2. The van der Waals surface area contributed by atoms with E-state index >= 15 is 0 Å². The van der Waals surface area contributed by atoms with Crippen molar-refractivity contribution in [3.63, 3.8) is 0 Å². The number of hydrogen-bond acceptors (Lipinski definition) is 7. The van der Waals surface area contributed by atoms with Crippen molar-refractivity contribution in [2.45, 2.75) is 38.4 Å². The summed E-state index contributed by atoms with van der Waals surface area (Å²) in [7, 11) is -1.22. The van der Waals surface area contributed by atoms with Gasteiger partial charge in [-0.05, 0) is 30.5 Å². The minimum Gasteiger partial charge on any atom is -0.506 e. The summed E-state index contributed by atoms with van der Waals surface area (Å²) in [5.74, 6) is -4.24. The molecule has 1 aromatic carbocycles. The van der Waals surface area contributed by atoms with E-state index < -0.39 is 55.5 Å². The van der Waals surface area contributed by atoms with Gasteiger partial charge in [-0.3, -0.25) is 19.2 Å². The molecule has 0 bridgehead atoms. The zero-order chi connectivity index (χ0) is 23.3. The maximum atomic E-state index is 12.4. The lowest BCUT2D eigenvalue weighted by Gasteiger charge is -2.22. The minimum atomic E-state index is -1.60. The van der Waals surface area contributed by atoms with Gasteiger partial charge in [0.1, 0.15) is 6.04 Å². The van der Waals surface area contributed by atoms with Gasteiger partial charge in [-0.25, -0.2) is 0 Å². The monoisotopic (exact) mass is 473 g/mol. The van der Waals surface area contributed by atoms with Crippen LogP contribution in [0.15, 0.2) is 18.2 Å². The lowest BCUT2D eigenvalue weighted by atomic mass is 9.74. The first kappa shape index (κ1) is 24.9. The molecule has 1 aromatic rings. The Kier molecular flexibility index (Phi) is 8.69. The Hall–Kier alpha value is -2.34. The smallest absolute Gasteiger partial charge is 0.506 e. The molecule has 0 aliphatic carbocycles. The van der Waals surface area contributed by atoms with Crippen LogP contribution in [-0.2, 0) is 23.7 Å². The van der Waals surface area contributed by atoms with Crippen LogP contribution in [0.3, 0.4) is 0 Å². The fourth-order valence-electron chi connectivity index (χ4n) is 2.88. The van der Waals surface area contributed by atoms with Crippen LogP contribution in [0.5, 0.6) is 0 Å². The highest BCUT2D eigenvalue weighted by molar-refractivity contribution is 6.51. The van der Waals surface area contributed by atoms with Crippen molar-refractivity contribution < 1.29 is 33.6 Å².